The second kappa shape index (κ2) is 5.03. The van der Waals surface area contributed by atoms with Crippen LogP contribution in [0.3, 0.4) is 0 Å². The minimum Gasteiger partial charge on any atom is -0.376 e. The highest BCUT2D eigenvalue weighted by molar-refractivity contribution is 6.39. The highest BCUT2D eigenvalue weighted by Gasteiger charge is 2.23. The van der Waals surface area contributed by atoms with Gasteiger partial charge in [-0.1, -0.05) is 35.3 Å². The maximum atomic E-state index is 13.2. The zero-order valence-corrected chi connectivity index (χ0v) is 11.6. The Morgan fingerprint density at radius 2 is 1.84 bits per heavy atom. The van der Waals surface area contributed by atoms with Crippen LogP contribution < -0.4 is 5.32 Å². The van der Waals surface area contributed by atoms with E-state index in [0.29, 0.717) is 10.0 Å². The third-order valence-electron chi connectivity index (χ3n) is 3.46. The van der Waals surface area contributed by atoms with Crippen LogP contribution in [0.25, 0.3) is 0 Å². The lowest BCUT2D eigenvalue weighted by Gasteiger charge is -2.17. The zero-order valence-electron chi connectivity index (χ0n) is 10.1. The van der Waals surface area contributed by atoms with Gasteiger partial charge in [-0.25, -0.2) is 4.39 Å². The quantitative estimate of drug-likeness (QED) is 0.800. The summed E-state index contributed by atoms with van der Waals surface area (Å²) in [5.41, 5.74) is 2.92. The van der Waals surface area contributed by atoms with E-state index in [-0.39, 0.29) is 11.9 Å². The molecule has 0 aromatic heterocycles. The summed E-state index contributed by atoms with van der Waals surface area (Å²) in [5, 5.41) is 4.57. The van der Waals surface area contributed by atoms with E-state index < -0.39 is 0 Å². The molecule has 1 aliphatic carbocycles. The summed E-state index contributed by atoms with van der Waals surface area (Å²) in [5.74, 6) is -0.185. The lowest BCUT2D eigenvalue weighted by atomic mass is 10.1. The van der Waals surface area contributed by atoms with E-state index in [0.717, 1.165) is 29.7 Å². The van der Waals surface area contributed by atoms with E-state index in [1.807, 2.05) is 12.1 Å². The first kappa shape index (κ1) is 12.8. The van der Waals surface area contributed by atoms with Gasteiger partial charge in [0.2, 0.25) is 0 Å². The van der Waals surface area contributed by atoms with Gasteiger partial charge in [-0.15, -0.1) is 0 Å². The van der Waals surface area contributed by atoms with Gasteiger partial charge in [-0.3, -0.25) is 0 Å². The number of benzene rings is 2. The normalized spacial score (nSPS) is 17.3. The van der Waals surface area contributed by atoms with Gasteiger partial charge in [0.05, 0.1) is 21.8 Å². The molecule has 0 fully saturated rings. The van der Waals surface area contributed by atoms with Crippen molar-refractivity contribution in [1.29, 1.82) is 0 Å². The Morgan fingerprint density at radius 3 is 2.58 bits per heavy atom. The Morgan fingerprint density at radius 1 is 1.11 bits per heavy atom. The van der Waals surface area contributed by atoms with Crippen LogP contribution in [-0.2, 0) is 6.42 Å². The fraction of sp³-hybridized carbons (Fsp3) is 0.200. The monoisotopic (exact) mass is 295 g/mol. The van der Waals surface area contributed by atoms with Crippen molar-refractivity contribution < 1.29 is 4.39 Å². The molecule has 1 aliphatic rings. The molecule has 0 amide bonds. The molecule has 1 unspecified atom stereocenters. The summed E-state index contributed by atoms with van der Waals surface area (Å²) in [6, 6.07) is 10.5. The third kappa shape index (κ3) is 2.43. The van der Waals surface area contributed by atoms with Gasteiger partial charge in [-0.2, -0.15) is 0 Å². The molecule has 0 aliphatic heterocycles. The number of hydrogen-bond donors (Lipinski definition) is 1. The number of rotatable bonds is 2. The van der Waals surface area contributed by atoms with Gasteiger partial charge >= 0.3 is 0 Å². The smallest absolute Gasteiger partial charge is 0.123 e. The van der Waals surface area contributed by atoms with E-state index in [1.54, 1.807) is 18.2 Å². The molecular formula is C15H12Cl2FN. The van der Waals surface area contributed by atoms with Gasteiger partial charge in [0.15, 0.2) is 0 Å². The SMILES string of the molecule is Fc1ccc2c(c1)CCC2Nc1c(Cl)cccc1Cl. The first-order chi connectivity index (χ1) is 9.15. The first-order valence-electron chi connectivity index (χ1n) is 6.14. The lowest BCUT2D eigenvalue weighted by Crippen LogP contribution is -2.08. The molecular weight excluding hydrogens is 284 g/mol. The zero-order chi connectivity index (χ0) is 13.4. The Bertz CT molecular complexity index is 607. The van der Waals surface area contributed by atoms with Crippen LogP contribution in [0.15, 0.2) is 36.4 Å². The average molecular weight is 296 g/mol. The molecule has 0 bridgehead atoms. The molecule has 1 N–H and O–H groups in total. The van der Waals surface area contributed by atoms with Crippen molar-refractivity contribution >= 4 is 28.9 Å². The second-order valence-corrected chi connectivity index (χ2v) is 5.49. The van der Waals surface area contributed by atoms with Crippen LogP contribution in [0.5, 0.6) is 0 Å². The number of aryl methyl sites for hydroxylation is 1. The van der Waals surface area contributed by atoms with E-state index >= 15 is 0 Å². The Labute approximate surface area is 121 Å². The number of para-hydroxylation sites is 1. The summed E-state index contributed by atoms with van der Waals surface area (Å²) in [6.07, 6.45) is 1.78. The standard InChI is InChI=1S/C15H12Cl2FN/c16-12-2-1-3-13(17)15(12)19-14-7-4-9-8-10(18)5-6-11(9)14/h1-3,5-6,8,14,19H,4,7H2. The van der Waals surface area contributed by atoms with Gasteiger partial charge in [0, 0.05) is 0 Å². The summed E-state index contributed by atoms with van der Waals surface area (Å²) in [4.78, 5) is 0. The van der Waals surface area contributed by atoms with Crippen molar-refractivity contribution in [2.75, 3.05) is 5.32 Å². The molecule has 2 aromatic rings. The summed E-state index contributed by atoms with van der Waals surface area (Å²) in [7, 11) is 0. The minimum absolute atomic E-state index is 0.132. The lowest BCUT2D eigenvalue weighted by molar-refractivity contribution is 0.626. The predicted octanol–water partition coefficient (Wildman–Crippen LogP) is 5.23. The molecule has 3 rings (SSSR count). The molecule has 19 heavy (non-hydrogen) atoms. The predicted molar refractivity (Wildman–Crippen MR) is 77.5 cm³/mol. The number of fused-ring (bicyclic) bond motifs is 1. The molecule has 0 radical (unpaired) electrons. The fourth-order valence-corrected chi connectivity index (χ4v) is 3.05. The number of halogens is 3. The number of nitrogens with one attached hydrogen (secondary N) is 1. The van der Waals surface area contributed by atoms with Crippen LogP contribution in [0.1, 0.15) is 23.6 Å². The fourth-order valence-electron chi connectivity index (χ4n) is 2.55. The maximum absolute atomic E-state index is 13.2. The summed E-state index contributed by atoms with van der Waals surface area (Å²) in [6.45, 7) is 0. The van der Waals surface area contributed by atoms with Crippen LogP contribution in [0.4, 0.5) is 10.1 Å². The molecule has 0 spiro atoms. The highest BCUT2D eigenvalue weighted by atomic mass is 35.5. The molecule has 98 valence electrons. The molecule has 4 heteroatoms. The van der Waals surface area contributed by atoms with E-state index in [9.17, 15) is 4.39 Å². The molecule has 0 saturated heterocycles. The van der Waals surface area contributed by atoms with Crippen molar-refractivity contribution in [3.8, 4) is 0 Å². The van der Waals surface area contributed by atoms with Gasteiger partial charge < -0.3 is 5.32 Å². The minimum atomic E-state index is -0.185. The Kier molecular flexibility index (Phi) is 3.38. The van der Waals surface area contributed by atoms with Crippen LogP contribution in [0.2, 0.25) is 10.0 Å². The Hall–Kier alpha value is -1.25. The topological polar surface area (TPSA) is 12.0 Å². The largest absolute Gasteiger partial charge is 0.376 e. The number of anilines is 1. The first-order valence-corrected chi connectivity index (χ1v) is 6.89. The summed E-state index contributed by atoms with van der Waals surface area (Å²) < 4.78 is 13.2. The van der Waals surface area contributed by atoms with Crippen LogP contribution in [-0.4, -0.2) is 0 Å². The summed E-state index contributed by atoms with van der Waals surface area (Å²) >= 11 is 12.3. The van der Waals surface area contributed by atoms with Crippen molar-refractivity contribution in [2.45, 2.75) is 18.9 Å². The average Bonchev–Trinajstić information content (AvgIpc) is 2.76. The van der Waals surface area contributed by atoms with E-state index in [1.165, 1.54) is 6.07 Å². The molecule has 0 saturated carbocycles. The van der Waals surface area contributed by atoms with Crippen molar-refractivity contribution in [1.82, 2.24) is 0 Å². The van der Waals surface area contributed by atoms with Crippen molar-refractivity contribution in [2.24, 2.45) is 0 Å². The molecule has 2 aromatic carbocycles. The molecule has 1 atom stereocenters. The highest BCUT2D eigenvalue weighted by Crippen LogP contribution is 2.38. The van der Waals surface area contributed by atoms with Gasteiger partial charge in [0.25, 0.3) is 0 Å². The van der Waals surface area contributed by atoms with Gasteiger partial charge in [0.1, 0.15) is 5.82 Å². The number of hydrogen-bond acceptors (Lipinski definition) is 1. The van der Waals surface area contributed by atoms with E-state index in [2.05, 4.69) is 5.32 Å². The second-order valence-electron chi connectivity index (χ2n) is 4.68. The third-order valence-corrected chi connectivity index (χ3v) is 4.09. The maximum Gasteiger partial charge on any atom is 0.123 e. The van der Waals surface area contributed by atoms with Crippen molar-refractivity contribution in [3.05, 3.63) is 63.4 Å². The molecule has 0 heterocycles. The Balaban J connectivity index is 1.91. The van der Waals surface area contributed by atoms with Gasteiger partial charge in [-0.05, 0) is 48.2 Å². The molecule has 1 nitrogen and oxygen atoms in total. The van der Waals surface area contributed by atoms with Crippen LogP contribution >= 0.6 is 23.2 Å². The van der Waals surface area contributed by atoms with Crippen LogP contribution in [0, 0.1) is 5.82 Å². The van der Waals surface area contributed by atoms with Crippen molar-refractivity contribution in [3.63, 3.8) is 0 Å². The van der Waals surface area contributed by atoms with E-state index in [4.69, 9.17) is 23.2 Å².